The first-order valence-electron chi connectivity index (χ1n) is 7.75. The third-order valence-corrected chi connectivity index (χ3v) is 4.20. The van der Waals surface area contributed by atoms with Crippen molar-refractivity contribution in [3.63, 3.8) is 0 Å². The highest BCUT2D eigenvalue weighted by Gasteiger charge is 2.29. The van der Waals surface area contributed by atoms with Gasteiger partial charge in [0.25, 0.3) is 0 Å². The number of hydrogen-bond acceptors (Lipinski definition) is 3. The van der Waals surface area contributed by atoms with Gasteiger partial charge in [-0.1, -0.05) is 26.2 Å². The molecule has 0 heterocycles. The molecule has 0 spiro atoms. The van der Waals surface area contributed by atoms with Gasteiger partial charge in [-0.15, -0.1) is 0 Å². The summed E-state index contributed by atoms with van der Waals surface area (Å²) < 4.78 is 0. The van der Waals surface area contributed by atoms with Crippen LogP contribution in [0.1, 0.15) is 58.3 Å². The van der Waals surface area contributed by atoms with E-state index in [9.17, 15) is 14.4 Å². The Hall–Kier alpha value is -1.59. The molecule has 0 aromatic heterocycles. The van der Waals surface area contributed by atoms with Crippen LogP contribution in [0.5, 0.6) is 0 Å². The Morgan fingerprint density at radius 2 is 1.86 bits per heavy atom. The van der Waals surface area contributed by atoms with Crippen LogP contribution in [-0.2, 0) is 14.4 Å². The van der Waals surface area contributed by atoms with Crippen molar-refractivity contribution in [1.82, 2.24) is 5.32 Å². The van der Waals surface area contributed by atoms with E-state index in [-0.39, 0.29) is 18.2 Å². The van der Waals surface area contributed by atoms with Gasteiger partial charge in [0, 0.05) is 5.92 Å². The van der Waals surface area contributed by atoms with Crippen LogP contribution in [0.15, 0.2) is 0 Å². The topological polar surface area (TPSA) is 109 Å². The fourth-order valence-corrected chi connectivity index (χ4v) is 2.90. The first kappa shape index (κ1) is 17.5. The SMILES string of the molecule is CCCCC1CCC(C(=O)N[C@H](CC(N)=O)C(=O)O)CC1. The van der Waals surface area contributed by atoms with Crippen LogP contribution >= 0.6 is 0 Å². The molecule has 4 N–H and O–H groups in total. The van der Waals surface area contributed by atoms with Crippen LogP contribution in [0, 0.1) is 11.8 Å². The van der Waals surface area contributed by atoms with Crippen molar-refractivity contribution >= 4 is 17.8 Å². The molecule has 2 amide bonds. The average molecular weight is 298 g/mol. The lowest BCUT2D eigenvalue weighted by Crippen LogP contribution is -2.46. The molecule has 1 aliphatic rings. The second-order valence-corrected chi connectivity index (χ2v) is 5.93. The maximum absolute atomic E-state index is 12.1. The van der Waals surface area contributed by atoms with Gasteiger partial charge in [0.05, 0.1) is 6.42 Å². The van der Waals surface area contributed by atoms with Gasteiger partial charge >= 0.3 is 5.97 Å². The highest BCUT2D eigenvalue weighted by Crippen LogP contribution is 2.32. The number of unbranched alkanes of at least 4 members (excludes halogenated alkanes) is 1. The second-order valence-electron chi connectivity index (χ2n) is 5.93. The molecule has 0 radical (unpaired) electrons. The number of carboxylic acids is 1. The van der Waals surface area contributed by atoms with Crippen molar-refractivity contribution < 1.29 is 19.5 Å². The van der Waals surface area contributed by atoms with Gasteiger partial charge in [0.2, 0.25) is 11.8 Å². The quantitative estimate of drug-likeness (QED) is 0.629. The largest absolute Gasteiger partial charge is 0.480 e. The molecular weight excluding hydrogens is 272 g/mol. The summed E-state index contributed by atoms with van der Waals surface area (Å²) in [6.45, 7) is 2.17. The van der Waals surface area contributed by atoms with E-state index in [1.807, 2.05) is 0 Å². The van der Waals surface area contributed by atoms with Gasteiger partial charge in [-0.25, -0.2) is 4.79 Å². The number of carbonyl (C=O) groups excluding carboxylic acids is 2. The Labute approximate surface area is 125 Å². The van der Waals surface area contributed by atoms with E-state index in [4.69, 9.17) is 10.8 Å². The molecule has 1 atom stereocenters. The van der Waals surface area contributed by atoms with E-state index in [0.29, 0.717) is 5.92 Å². The summed E-state index contributed by atoms with van der Waals surface area (Å²) in [7, 11) is 0. The molecule has 1 saturated carbocycles. The monoisotopic (exact) mass is 298 g/mol. The third-order valence-electron chi connectivity index (χ3n) is 4.20. The minimum absolute atomic E-state index is 0.141. The van der Waals surface area contributed by atoms with Gasteiger partial charge in [0.15, 0.2) is 0 Å². The summed E-state index contributed by atoms with van der Waals surface area (Å²) in [6, 6.07) is -1.21. The predicted octanol–water partition coefficient (Wildman–Crippen LogP) is 1.43. The normalized spacial score (nSPS) is 23.3. The molecular formula is C15H26N2O4. The predicted molar refractivity (Wildman–Crippen MR) is 78.4 cm³/mol. The molecule has 1 rings (SSSR count). The van der Waals surface area contributed by atoms with Crippen LogP contribution in [0.4, 0.5) is 0 Å². The van der Waals surface area contributed by atoms with Gasteiger partial charge in [-0.05, 0) is 31.6 Å². The lowest BCUT2D eigenvalue weighted by molar-refractivity contribution is -0.144. The minimum atomic E-state index is -1.22. The maximum atomic E-state index is 12.1. The fourth-order valence-electron chi connectivity index (χ4n) is 2.90. The Kier molecular flexibility index (Phi) is 7.19. The van der Waals surface area contributed by atoms with Crippen LogP contribution in [-0.4, -0.2) is 28.9 Å². The lowest BCUT2D eigenvalue weighted by Gasteiger charge is -2.28. The molecule has 0 aliphatic heterocycles. The smallest absolute Gasteiger partial charge is 0.326 e. The van der Waals surface area contributed by atoms with Crippen molar-refractivity contribution in [2.75, 3.05) is 0 Å². The Balaban J connectivity index is 2.42. The van der Waals surface area contributed by atoms with Gasteiger partial charge in [-0.2, -0.15) is 0 Å². The number of carboxylic acid groups (broad SMARTS) is 1. The summed E-state index contributed by atoms with van der Waals surface area (Å²) in [6.07, 6.45) is 6.88. The second kappa shape index (κ2) is 8.64. The van der Waals surface area contributed by atoms with E-state index >= 15 is 0 Å². The first-order chi connectivity index (χ1) is 9.93. The molecule has 6 nitrogen and oxygen atoms in total. The summed E-state index contributed by atoms with van der Waals surface area (Å²) in [4.78, 5) is 33.9. The van der Waals surface area contributed by atoms with Crippen molar-refractivity contribution in [1.29, 1.82) is 0 Å². The number of rotatable bonds is 8. The minimum Gasteiger partial charge on any atom is -0.480 e. The van der Waals surface area contributed by atoms with E-state index < -0.39 is 17.9 Å². The molecule has 6 heteroatoms. The summed E-state index contributed by atoms with van der Waals surface area (Å²) in [5.41, 5.74) is 5.00. The Morgan fingerprint density at radius 3 is 2.33 bits per heavy atom. The molecule has 0 unspecified atom stereocenters. The molecule has 120 valence electrons. The van der Waals surface area contributed by atoms with E-state index in [0.717, 1.165) is 25.7 Å². The van der Waals surface area contributed by atoms with Crippen LogP contribution < -0.4 is 11.1 Å². The molecule has 0 aromatic rings. The highest BCUT2D eigenvalue weighted by atomic mass is 16.4. The van der Waals surface area contributed by atoms with Gasteiger partial charge in [0.1, 0.15) is 6.04 Å². The maximum Gasteiger partial charge on any atom is 0.326 e. The fraction of sp³-hybridized carbons (Fsp3) is 0.800. The van der Waals surface area contributed by atoms with Crippen LogP contribution in [0.2, 0.25) is 0 Å². The van der Waals surface area contributed by atoms with Gasteiger partial charge in [-0.3, -0.25) is 9.59 Å². The summed E-state index contributed by atoms with van der Waals surface area (Å²) >= 11 is 0. The van der Waals surface area contributed by atoms with Crippen molar-refractivity contribution in [2.24, 2.45) is 17.6 Å². The zero-order chi connectivity index (χ0) is 15.8. The number of amides is 2. The van der Waals surface area contributed by atoms with Crippen LogP contribution in [0.25, 0.3) is 0 Å². The molecule has 0 aromatic carbocycles. The number of nitrogens with two attached hydrogens (primary N) is 1. The summed E-state index contributed by atoms with van der Waals surface area (Å²) in [5, 5.41) is 11.4. The van der Waals surface area contributed by atoms with Crippen LogP contribution in [0.3, 0.4) is 0 Å². The highest BCUT2D eigenvalue weighted by molar-refractivity contribution is 5.88. The molecule has 1 aliphatic carbocycles. The standard InChI is InChI=1S/C15H26N2O4/c1-2-3-4-10-5-7-11(8-6-10)14(19)17-12(15(20)21)9-13(16)18/h10-12H,2-9H2,1H3,(H2,16,18)(H,17,19)(H,20,21)/t10?,11?,12-/m1/s1. The Bertz CT molecular complexity index is 376. The number of nitrogens with one attached hydrogen (secondary N) is 1. The van der Waals surface area contributed by atoms with E-state index in [1.54, 1.807) is 0 Å². The Morgan fingerprint density at radius 1 is 1.24 bits per heavy atom. The third kappa shape index (κ3) is 6.14. The van der Waals surface area contributed by atoms with Crippen molar-refractivity contribution in [3.8, 4) is 0 Å². The number of primary amides is 1. The average Bonchev–Trinajstić information content (AvgIpc) is 2.44. The number of hydrogen-bond donors (Lipinski definition) is 3. The lowest BCUT2D eigenvalue weighted by atomic mass is 9.79. The van der Waals surface area contributed by atoms with Crippen molar-refractivity contribution in [3.05, 3.63) is 0 Å². The number of carbonyl (C=O) groups is 3. The molecule has 1 fully saturated rings. The first-order valence-corrected chi connectivity index (χ1v) is 7.75. The zero-order valence-electron chi connectivity index (χ0n) is 12.6. The van der Waals surface area contributed by atoms with Crippen molar-refractivity contribution in [2.45, 2.75) is 64.3 Å². The van der Waals surface area contributed by atoms with E-state index in [2.05, 4.69) is 12.2 Å². The zero-order valence-corrected chi connectivity index (χ0v) is 12.6. The van der Waals surface area contributed by atoms with E-state index in [1.165, 1.54) is 19.3 Å². The molecule has 21 heavy (non-hydrogen) atoms. The number of aliphatic carboxylic acids is 1. The van der Waals surface area contributed by atoms with Gasteiger partial charge < -0.3 is 16.2 Å². The molecule has 0 bridgehead atoms. The molecule has 0 saturated heterocycles. The summed E-state index contributed by atoms with van der Waals surface area (Å²) in [5.74, 6) is -1.67.